The maximum atomic E-state index is 14.6. The molecular formula is C36H40ClN3O4S. The molecule has 4 aromatic rings. The Hall–Kier alpha value is -4.14. The van der Waals surface area contributed by atoms with E-state index in [1.165, 1.54) is 17.0 Å². The van der Waals surface area contributed by atoms with Crippen LogP contribution in [0.2, 0.25) is 5.02 Å². The average Bonchev–Trinajstić information content (AvgIpc) is 3.03. The number of hydrogen-bond donors (Lipinski definition) is 1. The molecule has 4 rings (SSSR count). The molecule has 0 heterocycles. The lowest BCUT2D eigenvalue weighted by atomic mass is 10.0. The second-order valence-electron chi connectivity index (χ2n) is 11.2. The number of carbonyl (C=O) groups excluding carboxylic acids is 2. The van der Waals surface area contributed by atoms with Gasteiger partial charge in [-0.3, -0.25) is 13.9 Å². The van der Waals surface area contributed by atoms with E-state index in [1.54, 1.807) is 43.3 Å². The van der Waals surface area contributed by atoms with Crippen molar-refractivity contribution in [1.82, 2.24) is 10.2 Å². The van der Waals surface area contributed by atoms with Gasteiger partial charge >= 0.3 is 0 Å². The van der Waals surface area contributed by atoms with Gasteiger partial charge in [-0.2, -0.15) is 0 Å². The standard InChI is InChI=1S/C36H40ClN3O4S/c1-5-27(3)38-36(42)34(23-29-15-8-6-9-16-29)39(24-30-17-12-14-26(2)22-30)35(41)25-40(33-21-13-20-32(37)28(33)4)45(43,44)31-18-10-7-11-19-31/h6-22,27,34H,5,23-25H2,1-4H3,(H,38,42). The predicted molar refractivity (Wildman–Crippen MR) is 181 cm³/mol. The molecule has 9 heteroatoms. The van der Waals surface area contributed by atoms with Crippen LogP contribution in [0.1, 0.15) is 42.5 Å². The van der Waals surface area contributed by atoms with Gasteiger partial charge in [-0.25, -0.2) is 8.42 Å². The molecule has 2 unspecified atom stereocenters. The minimum Gasteiger partial charge on any atom is -0.352 e. The highest BCUT2D eigenvalue weighted by Crippen LogP contribution is 2.31. The first-order valence-corrected chi connectivity index (χ1v) is 16.8. The van der Waals surface area contributed by atoms with Crippen LogP contribution in [0, 0.1) is 13.8 Å². The molecule has 0 saturated heterocycles. The molecule has 45 heavy (non-hydrogen) atoms. The fourth-order valence-corrected chi connectivity index (χ4v) is 6.76. The van der Waals surface area contributed by atoms with Gasteiger partial charge < -0.3 is 10.2 Å². The lowest BCUT2D eigenvalue weighted by molar-refractivity contribution is -0.140. The summed E-state index contributed by atoms with van der Waals surface area (Å²) in [7, 11) is -4.20. The Morgan fingerprint density at radius 1 is 0.844 bits per heavy atom. The monoisotopic (exact) mass is 645 g/mol. The van der Waals surface area contributed by atoms with Crippen molar-refractivity contribution >= 4 is 39.1 Å². The second kappa shape index (κ2) is 15.2. The smallest absolute Gasteiger partial charge is 0.264 e. The summed E-state index contributed by atoms with van der Waals surface area (Å²) in [4.78, 5) is 30.1. The van der Waals surface area contributed by atoms with Crippen LogP contribution in [0.3, 0.4) is 0 Å². The fraction of sp³-hybridized carbons (Fsp3) is 0.278. The molecule has 4 aromatic carbocycles. The first-order valence-electron chi connectivity index (χ1n) is 15.0. The zero-order valence-corrected chi connectivity index (χ0v) is 27.7. The summed E-state index contributed by atoms with van der Waals surface area (Å²) in [5.41, 5.74) is 3.52. The van der Waals surface area contributed by atoms with Crippen molar-refractivity contribution in [2.45, 2.75) is 64.1 Å². The third-order valence-corrected chi connectivity index (χ3v) is 10.0. The lowest BCUT2D eigenvalue weighted by Gasteiger charge is -2.34. The van der Waals surface area contributed by atoms with Gasteiger partial charge in [0.05, 0.1) is 10.6 Å². The summed E-state index contributed by atoms with van der Waals surface area (Å²) in [6.07, 6.45) is 0.967. The highest BCUT2D eigenvalue weighted by Gasteiger charge is 2.35. The number of amides is 2. The van der Waals surface area contributed by atoms with E-state index in [4.69, 9.17) is 11.6 Å². The first-order chi connectivity index (χ1) is 21.5. The SMILES string of the molecule is CCC(C)NC(=O)C(Cc1ccccc1)N(Cc1cccc(C)c1)C(=O)CN(c1cccc(Cl)c1C)S(=O)(=O)c1ccccc1. The first kappa shape index (κ1) is 33.7. The number of nitrogens with one attached hydrogen (secondary N) is 1. The van der Waals surface area contributed by atoms with E-state index in [2.05, 4.69) is 5.32 Å². The van der Waals surface area contributed by atoms with Crippen molar-refractivity contribution < 1.29 is 18.0 Å². The summed E-state index contributed by atoms with van der Waals surface area (Å²) < 4.78 is 29.4. The van der Waals surface area contributed by atoms with Crippen molar-refractivity contribution in [2.24, 2.45) is 0 Å². The van der Waals surface area contributed by atoms with E-state index in [0.717, 1.165) is 21.0 Å². The molecule has 0 bridgehead atoms. The van der Waals surface area contributed by atoms with Crippen molar-refractivity contribution in [3.8, 4) is 0 Å². The zero-order valence-electron chi connectivity index (χ0n) is 26.1. The van der Waals surface area contributed by atoms with Crippen molar-refractivity contribution in [3.63, 3.8) is 0 Å². The number of hydrogen-bond acceptors (Lipinski definition) is 4. The van der Waals surface area contributed by atoms with Crippen LogP contribution < -0.4 is 9.62 Å². The Balaban J connectivity index is 1.83. The minimum absolute atomic E-state index is 0.0396. The summed E-state index contributed by atoms with van der Waals surface area (Å²) in [5, 5.41) is 3.43. The molecule has 2 atom stereocenters. The van der Waals surface area contributed by atoms with E-state index in [-0.39, 0.29) is 29.8 Å². The topological polar surface area (TPSA) is 86.8 Å². The Labute approximate surface area is 271 Å². The van der Waals surface area contributed by atoms with Crippen LogP contribution in [0.4, 0.5) is 5.69 Å². The molecule has 1 N–H and O–H groups in total. The van der Waals surface area contributed by atoms with Crippen molar-refractivity contribution in [3.05, 3.63) is 130 Å². The molecular weight excluding hydrogens is 606 g/mol. The zero-order chi connectivity index (χ0) is 32.6. The number of aryl methyl sites for hydroxylation is 1. The predicted octanol–water partition coefficient (Wildman–Crippen LogP) is 6.71. The number of rotatable bonds is 13. The number of benzene rings is 4. The van der Waals surface area contributed by atoms with E-state index in [0.29, 0.717) is 22.7 Å². The number of halogens is 1. The molecule has 236 valence electrons. The van der Waals surface area contributed by atoms with E-state index < -0.39 is 28.5 Å². The molecule has 0 aliphatic rings. The number of sulfonamides is 1. The van der Waals surface area contributed by atoms with Crippen LogP contribution >= 0.6 is 11.6 Å². The molecule has 2 amide bonds. The summed E-state index contributed by atoms with van der Waals surface area (Å²) in [5.74, 6) is -0.818. The maximum Gasteiger partial charge on any atom is 0.264 e. The summed E-state index contributed by atoms with van der Waals surface area (Å²) in [6, 6.07) is 29.2. The van der Waals surface area contributed by atoms with E-state index in [9.17, 15) is 18.0 Å². The van der Waals surface area contributed by atoms with Crippen LogP contribution in [0.5, 0.6) is 0 Å². The van der Waals surface area contributed by atoms with Crippen molar-refractivity contribution in [2.75, 3.05) is 10.8 Å². The second-order valence-corrected chi connectivity index (χ2v) is 13.5. The third kappa shape index (κ3) is 8.53. The van der Waals surface area contributed by atoms with Gasteiger partial charge in [0.15, 0.2) is 0 Å². The number of anilines is 1. The highest BCUT2D eigenvalue weighted by molar-refractivity contribution is 7.92. The van der Waals surface area contributed by atoms with E-state index in [1.807, 2.05) is 75.4 Å². The normalized spacial score (nSPS) is 12.6. The molecule has 0 aromatic heterocycles. The van der Waals surface area contributed by atoms with Crippen LogP contribution in [0.15, 0.2) is 108 Å². The van der Waals surface area contributed by atoms with Crippen LogP contribution in [-0.4, -0.2) is 43.8 Å². The van der Waals surface area contributed by atoms with Gasteiger partial charge in [0, 0.05) is 24.0 Å². The molecule has 0 spiro atoms. The largest absolute Gasteiger partial charge is 0.352 e. The summed E-state index contributed by atoms with van der Waals surface area (Å²) >= 11 is 6.45. The van der Waals surface area contributed by atoms with Crippen LogP contribution in [0.25, 0.3) is 0 Å². The Morgan fingerprint density at radius 2 is 1.47 bits per heavy atom. The molecule has 0 fully saturated rings. The Bertz CT molecular complexity index is 1720. The quantitative estimate of drug-likeness (QED) is 0.175. The van der Waals surface area contributed by atoms with Gasteiger partial charge in [-0.1, -0.05) is 103 Å². The molecule has 0 saturated carbocycles. The Morgan fingerprint density at radius 3 is 2.11 bits per heavy atom. The molecule has 7 nitrogen and oxygen atoms in total. The van der Waals surface area contributed by atoms with Crippen LogP contribution in [-0.2, 0) is 32.6 Å². The summed E-state index contributed by atoms with van der Waals surface area (Å²) in [6.45, 7) is 7.15. The van der Waals surface area contributed by atoms with Gasteiger partial charge in [0.2, 0.25) is 11.8 Å². The molecule has 0 radical (unpaired) electrons. The number of nitrogens with zero attached hydrogens (tertiary/aromatic N) is 2. The minimum atomic E-state index is -4.20. The average molecular weight is 646 g/mol. The van der Waals surface area contributed by atoms with Gasteiger partial charge in [0.1, 0.15) is 12.6 Å². The lowest BCUT2D eigenvalue weighted by Crippen LogP contribution is -2.54. The maximum absolute atomic E-state index is 14.6. The van der Waals surface area contributed by atoms with Gasteiger partial charge in [-0.15, -0.1) is 0 Å². The highest BCUT2D eigenvalue weighted by atomic mass is 35.5. The molecule has 0 aliphatic carbocycles. The Kier molecular flexibility index (Phi) is 11.4. The van der Waals surface area contributed by atoms with Gasteiger partial charge in [0.25, 0.3) is 10.0 Å². The third-order valence-electron chi connectivity index (χ3n) is 7.83. The molecule has 0 aliphatic heterocycles. The fourth-order valence-electron chi connectivity index (χ4n) is 5.10. The van der Waals surface area contributed by atoms with Crippen molar-refractivity contribution in [1.29, 1.82) is 0 Å². The number of carbonyl (C=O) groups is 2. The van der Waals surface area contributed by atoms with E-state index >= 15 is 0 Å². The van der Waals surface area contributed by atoms with Gasteiger partial charge in [-0.05, 0) is 68.1 Å².